The molecule has 0 radical (unpaired) electrons. The third-order valence-corrected chi connectivity index (χ3v) is 10.8. The minimum atomic E-state index is 0.816. The second-order valence-electron chi connectivity index (χ2n) is 13.9. The highest BCUT2D eigenvalue weighted by Gasteiger charge is 2.19. The Hall–Kier alpha value is -7.23. The van der Waals surface area contributed by atoms with Gasteiger partial charge in [-0.1, -0.05) is 133 Å². The van der Waals surface area contributed by atoms with Crippen LogP contribution in [0.15, 0.2) is 199 Å². The first-order chi connectivity index (χ1) is 26.8. The normalized spacial score (nSPS) is 11.7. The molecule has 54 heavy (non-hydrogen) atoms. The van der Waals surface area contributed by atoms with Crippen molar-refractivity contribution < 1.29 is 4.42 Å². The Labute approximate surface area is 312 Å². The topological polar surface area (TPSA) is 31.0 Å². The highest BCUT2D eigenvalue weighted by Crippen LogP contribution is 2.41. The Balaban J connectivity index is 1.09. The lowest BCUT2D eigenvalue weighted by Crippen LogP contribution is -1.94. The van der Waals surface area contributed by atoms with E-state index in [4.69, 9.17) is 9.40 Å². The summed E-state index contributed by atoms with van der Waals surface area (Å²) in [4.78, 5) is 5.07. The molecule has 0 aliphatic rings. The number of benzene rings is 8. The molecule has 3 heterocycles. The van der Waals surface area contributed by atoms with E-state index < -0.39 is 0 Å². The number of rotatable bonds is 5. The van der Waals surface area contributed by atoms with E-state index in [0.717, 1.165) is 60.9 Å². The average molecular weight is 689 g/mol. The molecule has 0 N–H and O–H groups in total. The fraction of sp³-hybridized carbons (Fsp3) is 0. The summed E-state index contributed by atoms with van der Waals surface area (Å²) in [6.07, 6.45) is 0. The Morgan fingerprint density at radius 2 is 0.907 bits per heavy atom. The van der Waals surface area contributed by atoms with Gasteiger partial charge in [-0.2, -0.15) is 0 Å². The molecular weight excluding hydrogens is 657 g/mol. The van der Waals surface area contributed by atoms with Crippen LogP contribution in [0.4, 0.5) is 0 Å². The lowest BCUT2D eigenvalue weighted by atomic mass is 9.95. The van der Waals surface area contributed by atoms with Crippen molar-refractivity contribution in [1.82, 2.24) is 9.55 Å². The van der Waals surface area contributed by atoms with Crippen molar-refractivity contribution in [2.75, 3.05) is 0 Å². The lowest BCUT2D eigenvalue weighted by molar-refractivity contribution is 0.670. The Bertz CT molecular complexity index is 3110. The highest BCUT2D eigenvalue weighted by atomic mass is 16.3. The van der Waals surface area contributed by atoms with Gasteiger partial charge >= 0.3 is 0 Å². The predicted octanol–water partition coefficient (Wildman–Crippen LogP) is 13.9. The van der Waals surface area contributed by atoms with Gasteiger partial charge in [-0.05, 0) is 99.6 Å². The Morgan fingerprint density at radius 3 is 1.61 bits per heavy atom. The maximum atomic E-state index is 6.55. The third-order valence-electron chi connectivity index (χ3n) is 10.8. The molecular formula is C51H32N2O. The summed E-state index contributed by atoms with van der Waals surface area (Å²) in [6.45, 7) is 0. The van der Waals surface area contributed by atoms with Crippen LogP contribution in [0.25, 0.3) is 105 Å². The molecule has 3 aromatic heterocycles. The third kappa shape index (κ3) is 4.87. The van der Waals surface area contributed by atoms with Gasteiger partial charge in [-0.25, -0.2) is 4.98 Å². The van der Waals surface area contributed by atoms with Gasteiger partial charge in [0, 0.05) is 32.8 Å². The van der Waals surface area contributed by atoms with Crippen molar-refractivity contribution in [1.29, 1.82) is 0 Å². The van der Waals surface area contributed by atoms with Crippen molar-refractivity contribution in [3.8, 4) is 50.2 Å². The maximum absolute atomic E-state index is 6.55. The van der Waals surface area contributed by atoms with Gasteiger partial charge in [0.25, 0.3) is 0 Å². The molecule has 0 bridgehead atoms. The number of para-hydroxylation sites is 2. The molecule has 252 valence electrons. The van der Waals surface area contributed by atoms with Crippen LogP contribution in [0.2, 0.25) is 0 Å². The number of nitrogens with zero attached hydrogens (tertiary/aromatic N) is 2. The number of hydrogen-bond donors (Lipinski definition) is 0. The summed E-state index contributed by atoms with van der Waals surface area (Å²) in [6, 6.07) is 69.3. The van der Waals surface area contributed by atoms with E-state index in [2.05, 4.69) is 180 Å². The largest absolute Gasteiger partial charge is 0.454 e. The SMILES string of the molecule is c1ccc(-c2ccc3c(c2)c2cc(-c4ccccc4)ccc2n3-c2cccc(-c3cccc(-c4c5ccccc5nc5c4oc4ccccc45)c3)c2)cc1. The van der Waals surface area contributed by atoms with E-state index >= 15 is 0 Å². The Morgan fingerprint density at radius 1 is 0.370 bits per heavy atom. The minimum absolute atomic E-state index is 0.816. The molecule has 0 aliphatic carbocycles. The molecule has 0 atom stereocenters. The molecule has 3 nitrogen and oxygen atoms in total. The van der Waals surface area contributed by atoms with Gasteiger partial charge < -0.3 is 8.98 Å². The number of hydrogen-bond acceptors (Lipinski definition) is 2. The molecule has 0 saturated heterocycles. The van der Waals surface area contributed by atoms with Crippen molar-refractivity contribution in [3.63, 3.8) is 0 Å². The van der Waals surface area contributed by atoms with Crippen LogP contribution < -0.4 is 0 Å². The fourth-order valence-electron chi connectivity index (χ4n) is 8.22. The lowest BCUT2D eigenvalue weighted by Gasteiger charge is -2.13. The van der Waals surface area contributed by atoms with Crippen molar-refractivity contribution in [2.24, 2.45) is 0 Å². The summed E-state index contributed by atoms with van der Waals surface area (Å²) in [5.41, 5.74) is 16.3. The van der Waals surface area contributed by atoms with Gasteiger partial charge in [0.2, 0.25) is 0 Å². The summed E-state index contributed by atoms with van der Waals surface area (Å²) in [5, 5.41) is 4.57. The van der Waals surface area contributed by atoms with Crippen molar-refractivity contribution in [2.45, 2.75) is 0 Å². The fourth-order valence-corrected chi connectivity index (χ4v) is 8.22. The van der Waals surface area contributed by atoms with Gasteiger partial charge in [-0.15, -0.1) is 0 Å². The van der Waals surface area contributed by atoms with Crippen LogP contribution in [-0.2, 0) is 0 Å². The summed E-state index contributed by atoms with van der Waals surface area (Å²) in [5.74, 6) is 0. The van der Waals surface area contributed by atoms with Gasteiger partial charge in [0.1, 0.15) is 11.1 Å². The van der Waals surface area contributed by atoms with Crippen molar-refractivity contribution >= 4 is 54.8 Å². The smallest absolute Gasteiger partial charge is 0.162 e. The molecule has 11 aromatic rings. The highest BCUT2D eigenvalue weighted by molar-refractivity contribution is 6.15. The van der Waals surface area contributed by atoms with Crippen LogP contribution in [-0.4, -0.2) is 9.55 Å². The molecule has 3 heteroatoms. The van der Waals surface area contributed by atoms with Crippen LogP contribution in [0.1, 0.15) is 0 Å². The first-order valence-electron chi connectivity index (χ1n) is 18.4. The van der Waals surface area contributed by atoms with E-state index in [1.807, 2.05) is 18.2 Å². The maximum Gasteiger partial charge on any atom is 0.162 e. The monoisotopic (exact) mass is 688 g/mol. The van der Waals surface area contributed by atoms with Crippen LogP contribution in [0.5, 0.6) is 0 Å². The van der Waals surface area contributed by atoms with E-state index in [1.165, 1.54) is 44.1 Å². The predicted molar refractivity (Wildman–Crippen MR) is 225 cm³/mol. The molecule has 8 aromatic carbocycles. The quantitative estimate of drug-likeness (QED) is 0.180. The summed E-state index contributed by atoms with van der Waals surface area (Å²) >= 11 is 0. The average Bonchev–Trinajstić information content (AvgIpc) is 3.78. The number of pyridine rings is 1. The number of fused-ring (bicyclic) bond motifs is 7. The van der Waals surface area contributed by atoms with Crippen LogP contribution in [0.3, 0.4) is 0 Å². The van der Waals surface area contributed by atoms with Crippen LogP contribution >= 0.6 is 0 Å². The first kappa shape index (κ1) is 30.4. The van der Waals surface area contributed by atoms with Gasteiger partial charge in [0.05, 0.1) is 16.6 Å². The zero-order valence-corrected chi connectivity index (χ0v) is 29.3. The van der Waals surface area contributed by atoms with Crippen molar-refractivity contribution in [3.05, 3.63) is 194 Å². The summed E-state index contributed by atoms with van der Waals surface area (Å²) in [7, 11) is 0. The first-order valence-corrected chi connectivity index (χ1v) is 18.4. The minimum Gasteiger partial charge on any atom is -0.454 e. The van der Waals surface area contributed by atoms with E-state index in [-0.39, 0.29) is 0 Å². The van der Waals surface area contributed by atoms with Crippen LogP contribution in [0, 0.1) is 0 Å². The zero-order valence-electron chi connectivity index (χ0n) is 29.3. The number of aromatic nitrogens is 2. The van der Waals surface area contributed by atoms with Gasteiger partial charge in [-0.3, -0.25) is 0 Å². The second-order valence-corrected chi connectivity index (χ2v) is 13.9. The second kappa shape index (κ2) is 12.2. The van der Waals surface area contributed by atoms with E-state index in [9.17, 15) is 0 Å². The zero-order chi connectivity index (χ0) is 35.6. The summed E-state index contributed by atoms with van der Waals surface area (Å²) < 4.78 is 8.96. The van der Waals surface area contributed by atoms with E-state index in [0.29, 0.717) is 0 Å². The molecule has 0 amide bonds. The van der Waals surface area contributed by atoms with E-state index in [1.54, 1.807) is 0 Å². The molecule has 0 fully saturated rings. The molecule has 0 saturated carbocycles. The molecule has 0 aliphatic heterocycles. The molecule has 11 rings (SSSR count). The van der Waals surface area contributed by atoms with Gasteiger partial charge in [0.15, 0.2) is 5.58 Å². The number of furan rings is 1. The standard InChI is InChI=1S/C51H32N2O/c1-3-13-33(14-4-1)37-25-27-46-43(31-37)44-32-38(34-15-5-2-6-16-34)26-28-47(44)53(46)40-20-12-18-36(30-40)35-17-11-19-39(29-35)49-41-21-7-9-23-45(41)52-50-42-22-8-10-24-48(42)54-51(49)50/h1-32H. The molecule has 0 unspecified atom stereocenters. The Kier molecular flexibility index (Phi) is 6.86. The molecule has 0 spiro atoms.